The highest BCUT2D eigenvalue weighted by molar-refractivity contribution is 8.22. The highest BCUT2D eigenvalue weighted by atomic mass is 32.2. The Balaban J connectivity index is 1.83. The van der Waals surface area contributed by atoms with E-state index >= 15 is 0 Å². The molecule has 0 amide bonds. The molecule has 2 aromatic carbocycles. The standard InChI is InChI=1S/C16H13NOS/c1-2-7-13-12(6-1)17-16-14(18-13)8-5-9-15(16)19-10-3-4-11-19/h1-11,17,19H. The maximum Gasteiger partial charge on any atom is 0.152 e. The monoisotopic (exact) mass is 267 g/mol. The normalized spacial score (nSPS) is 16.5. The number of allylic oxidation sites excluding steroid dienone is 2. The Labute approximate surface area is 114 Å². The molecule has 2 nitrogen and oxygen atoms in total. The number of thiol groups is 1. The molecule has 0 aromatic heterocycles. The van der Waals surface area contributed by atoms with Crippen molar-refractivity contribution in [2.45, 2.75) is 4.90 Å². The Bertz CT molecular complexity index is 694. The van der Waals surface area contributed by atoms with E-state index in [2.05, 4.69) is 40.4 Å². The van der Waals surface area contributed by atoms with Crippen LogP contribution in [0.15, 0.2) is 70.3 Å². The smallest absolute Gasteiger partial charge is 0.152 e. The lowest BCUT2D eigenvalue weighted by Gasteiger charge is -2.25. The van der Waals surface area contributed by atoms with E-state index < -0.39 is 0 Å². The van der Waals surface area contributed by atoms with Gasteiger partial charge in [0.05, 0.1) is 11.4 Å². The van der Waals surface area contributed by atoms with Crippen LogP contribution in [0.5, 0.6) is 11.5 Å². The predicted molar refractivity (Wildman–Crippen MR) is 81.8 cm³/mol. The van der Waals surface area contributed by atoms with Gasteiger partial charge in [0.15, 0.2) is 11.5 Å². The zero-order valence-corrected chi connectivity index (χ0v) is 11.1. The zero-order chi connectivity index (χ0) is 12.7. The van der Waals surface area contributed by atoms with Gasteiger partial charge in [0.2, 0.25) is 0 Å². The van der Waals surface area contributed by atoms with Crippen molar-refractivity contribution in [2.75, 3.05) is 5.32 Å². The number of hydrogen-bond donors (Lipinski definition) is 2. The number of benzene rings is 2. The van der Waals surface area contributed by atoms with Crippen molar-refractivity contribution >= 4 is 22.3 Å². The van der Waals surface area contributed by atoms with Gasteiger partial charge in [-0.2, -0.15) is 10.9 Å². The summed E-state index contributed by atoms with van der Waals surface area (Å²) in [6.45, 7) is 0. The third-order valence-corrected chi connectivity index (χ3v) is 5.17. The first-order chi connectivity index (χ1) is 9.42. The van der Waals surface area contributed by atoms with Crippen LogP contribution in [0.4, 0.5) is 11.4 Å². The minimum Gasteiger partial charge on any atom is -0.453 e. The number of nitrogens with one attached hydrogen (secondary N) is 1. The molecule has 0 bridgehead atoms. The van der Waals surface area contributed by atoms with Crippen molar-refractivity contribution in [3.8, 4) is 11.5 Å². The lowest BCUT2D eigenvalue weighted by Crippen LogP contribution is -2.04. The van der Waals surface area contributed by atoms with E-state index in [1.165, 1.54) is 4.90 Å². The van der Waals surface area contributed by atoms with Crippen LogP contribution in [0.1, 0.15) is 0 Å². The SMILES string of the molecule is C1=C[SH](c2cccc3c2Nc2ccccc2O3)C=C1. The fraction of sp³-hybridized carbons (Fsp3) is 0. The van der Waals surface area contributed by atoms with Crippen LogP contribution in [0, 0.1) is 0 Å². The topological polar surface area (TPSA) is 21.3 Å². The fourth-order valence-electron chi connectivity index (χ4n) is 2.35. The molecular formula is C16H13NOS. The van der Waals surface area contributed by atoms with Gasteiger partial charge >= 0.3 is 0 Å². The molecule has 0 saturated heterocycles. The first-order valence-electron chi connectivity index (χ1n) is 6.22. The summed E-state index contributed by atoms with van der Waals surface area (Å²) >= 11 is 0. The molecule has 2 heterocycles. The highest BCUT2D eigenvalue weighted by Crippen LogP contribution is 2.52. The van der Waals surface area contributed by atoms with Crippen LogP contribution < -0.4 is 10.1 Å². The van der Waals surface area contributed by atoms with Crippen molar-refractivity contribution in [1.29, 1.82) is 0 Å². The first kappa shape index (κ1) is 10.8. The molecule has 2 aromatic rings. The lowest BCUT2D eigenvalue weighted by molar-refractivity contribution is 0.480. The molecule has 0 fully saturated rings. The Morgan fingerprint density at radius 2 is 1.63 bits per heavy atom. The largest absolute Gasteiger partial charge is 0.453 e. The summed E-state index contributed by atoms with van der Waals surface area (Å²) in [7, 11) is -0.348. The minimum atomic E-state index is -0.348. The molecule has 2 aliphatic rings. The highest BCUT2D eigenvalue weighted by Gasteiger charge is 2.20. The molecule has 0 atom stereocenters. The number of ether oxygens (including phenoxy) is 1. The van der Waals surface area contributed by atoms with Crippen LogP contribution in [-0.4, -0.2) is 0 Å². The summed E-state index contributed by atoms with van der Waals surface area (Å²) in [5.74, 6) is 1.80. The molecule has 19 heavy (non-hydrogen) atoms. The van der Waals surface area contributed by atoms with E-state index in [1.807, 2.05) is 30.3 Å². The average molecular weight is 267 g/mol. The van der Waals surface area contributed by atoms with Gasteiger partial charge in [0.25, 0.3) is 0 Å². The number of hydrogen-bond acceptors (Lipinski definition) is 2. The van der Waals surface area contributed by atoms with E-state index in [0.29, 0.717) is 0 Å². The quantitative estimate of drug-likeness (QED) is 0.609. The Hall–Kier alpha value is -2.13. The van der Waals surface area contributed by atoms with E-state index in [-0.39, 0.29) is 10.9 Å². The van der Waals surface area contributed by atoms with Gasteiger partial charge in [-0.1, -0.05) is 30.4 Å². The van der Waals surface area contributed by atoms with Gasteiger partial charge in [-0.3, -0.25) is 0 Å². The first-order valence-corrected chi connectivity index (χ1v) is 7.70. The van der Waals surface area contributed by atoms with Crippen LogP contribution in [0.3, 0.4) is 0 Å². The van der Waals surface area contributed by atoms with Crippen LogP contribution in [0.2, 0.25) is 0 Å². The number of fused-ring (bicyclic) bond motifs is 2. The van der Waals surface area contributed by atoms with Crippen molar-refractivity contribution in [3.63, 3.8) is 0 Å². The minimum absolute atomic E-state index is 0.348. The summed E-state index contributed by atoms with van der Waals surface area (Å²) in [5.41, 5.74) is 2.13. The molecule has 1 N–H and O–H groups in total. The summed E-state index contributed by atoms with van der Waals surface area (Å²) in [6, 6.07) is 14.3. The van der Waals surface area contributed by atoms with Crippen molar-refractivity contribution < 1.29 is 4.74 Å². The van der Waals surface area contributed by atoms with E-state index in [4.69, 9.17) is 4.74 Å². The van der Waals surface area contributed by atoms with Crippen molar-refractivity contribution in [3.05, 3.63) is 65.4 Å². The molecule has 0 radical (unpaired) electrons. The molecule has 4 rings (SSSR count). The van der Waals surface area contributed by atoms with Crippen LogP contribution in [-0.2, 0) is 0 Å². The van der Waals surface area contributed by atoms with Crippen LogP contribution >= 0.6 is 10.9 Å². The summed E-state index contributed by atoms with van der Waals surface area (Å²) in [5, 5.41) is 8.02. The third kappa shape index (κ3) is 1.74. The number of anilines is 2. The van der Waals surface area contributed by atoms with Gasteiger partial charge < -0.3 is 10.1 Å². The van der Waals surface area contributed by atoms with Crippen molar-refractivity contribution in [1.82, 2.24) is 0 Å². The Morgan fingerprint density at radius 3 is 2.53 bits per heavy atom. The molecular weight excluding hydrogens is 254 g/mol. The zero-order valence-electron chi connectivity index (χ0n) is 10.2. The maximum absolute atomic E-state index is 5.98. The molecule has 2 aliphatic heterocycles. The second-order valence-electron chi connectivity index (χ2n) is 4.46. The number of rotatable bonds is 1. The molecule has 0 saturated carbocycles. The van der Waals surface area contributed by atoms with Gasteiger partial charge in [0, 0.05) is 4.90 Å². The summed E-state index contributed by atoms with van der Waals surface area (Å²) in [4.78, 5) is 1.31. The van der Waals surface area contributed by atoms with Gasteiger partial charge in [-0.25, -0.2) is 0 Å². The summed E-state index contributed by atoms with van der Waals surface area (Å²) in [6.07, 6.45) is 4.23. The number of para-hydroxylation sites is 3. The lowest BCUT2D eigenvalue weighted by atomic mass is 10.2. The molecule has 0 unspecified atom stereocenters. The second kappa shape index (κ2) is 4.21. The van der Waals surface area contributed by atoms with Gasteiger partial charge in [0.1, 0.15) is 0 Å². The predicted octanol–water partition coefficient (Wildman–Crippen LogP) is 4.94. The van der Waals surface area contributed by atoms with Gasteiger partial charge in [-0.15, -0.1) is 0 Å². The summed E-state index contributed by atoms with van der Waals surface area (Å²) < 4.78 is 5.98. The van der Waals surface area contributed by atoms with Crippen molar-refractivity contribution in [2.24, 2.45) is 0 Å². The average Bonchev–Trinajstić information content (AvgIpc) is 2.98. The van der Waals surface area contributed by atoms with E-state index in [9.17, 15) is 0 Å². The Morgan fingerprint density at radius 1 is 0.842 bits per heavy atom. The second-order valence-corrected chi connectivity index (χ2v) is 6.36. The van der Waals surface area contributed by atoms with Gasteiger partial charge in [-0.05, 0) is 35.1 Å². The van der Waals surface area contributed by atoms with Crippen LogP contribution in [0.25, 0.3) is 0 Å². The van der Waals surface area contributed by atoms with E-state index in [0.717, 1.165) is 22.9 Å². The molecule has 94 valence electrons. The maximum atomic E-state index is 5.98. The molecule has 0 spiro atoms. The molecule has 0 aliphatic carbocycles. The fourth-order valence-corrected chi connectivity index (χ4v) is 4.03. The Kier molecular flexibility index (Phi) is 2.38. The van der Waals surface area contributed by atoms with E-state index in [1.54, 1.807) is 0 Å². The molecule has 3 heteroatoms. The third-order valence-electron chi connectivity index (χ3n) is 3.25.